The fourth-order valence-corrected chi connectivity index (χ4v) is 1.38. The molecule has 1 aromatic rings. The number of benzene rings is 1. The largest absolute Gasteiger partial charge is 0.493 e. The molecule has 17 heavy (non-hydrogen) atoms. The molecule has 0 aliphatic carbocycles. The Balaban J connectivity index is 3.35. The molecule has 0 atom stereocenters. The first-order valence-electron chi connectivity index (χ1n) is 5.15. The van der Waals surface area contributed by atoms with Crippen LogP contribution in [0.3, 0.4) is 0 Å². The van der Waals surface area contributed by atoms with E-state index in [4.69, 9.17) is 9.47 Å². The van der Waals surface area contributed by atoms with Gasteiger partial charge in [-0.05, 0) is 13.8 Å². The minimum Gasteiger partial charge on any atom is -0.493 e. The van der Waals surface area contributed by atoms with Crippen molar-refractivity contribution in [3.8, 4) is 11.5 Å². The quantitative estimate of drug-likeness (QED) is 0.583. The maximum atomic E-state index is 10.7. The number of hydrogen-bond acceptors (Lipinski definition) is 4. The maximum Gasteiger partial charge on any atom is 0.274 e. The highest BCUT2D eigenvalue weighted by molar-refractivity contribution is 5.65. The zero-order valence-corrected chi connectivity index (χ0v) is 10.1. The second-order valence-corrected chi connectivity index (χ2v) is 3.69. The molecule has 0 spiro atoms. The van der Waals surface area contributed by atoms with Gasteiger partial charge in [-0.1, -0.05) is 12.7 Å². The van der Waals surface area contributed by atoms with Gasteiger partial charge >= 0.3 is 0 Å². The van der Waals surface area contributed by atoms with Gasteiger partial charge in [-0.2, -0.15) is 0 Å². The lowest BCUT2D eigenvalue weighted by atomic mass is 10.1. The molecule has 5 heteroatoms. The van der Waals surface area contributed by atoms with Gasteiger partial charge in [0.15, 0.2) is 11.5 Å². The normalized spacial score (nSPS) is 10.1. The number of non-ortho nitro benzene ring substituents is 1. The molecule has 0 bridgehead atoms. The second-order valence-electron chi connectivity index (χ2n) is 3.69. The van der Waals surface area contributed by atoms with Crippen molar-refractivity contribution in [2.75, 3.05) is 7.11 Å². The molecular weight excluding hydrogens is 222 g/mol. The Morgan fingerprint density at radius 2 is 2.12 bits per heavy atom. The van der Waals surface area contributed by atoms with Crippen LogP contribution in [-0.2, 0) is 0 Å². The zero-order valence-electron chi connectivity index (χ0n) is 10.1. The fraction of sp³-hybridized carbons (Fsp3) is 0.333. The van der Waals surface area contributed by atoms with Crippen LogP contribution >= 0.6 is 0 Å². The van der Waals surface area contributed by atoms with E-state index in [0.717, 1.165) is 0 Å². The molecule has 0 saturated heterocycles. The van der Waals surface area contributed by atoms with Crippen LogP contribution in [-0.4, -0.2) is 18.1 Å². The molecule has 0 radical (unpaired) electrons. The number of ether oxygens (including phenoxy) is 2. The molecule has 0 aliphatic heterocycles. The van der Waals surface area contributed by atoms with E-state index in [1.807, 2.05) is 13.8 Å². The van der Waals surface area contributed by atoms with Gasteiger partial charge in [0.2, 0.25) is 0 Å². The first-order chi connectivity index (χ1) is 7.99. The molecule has 0 amide bonds. The van der Waals surface area contributed by atoms with Gasteiger partial charge in [0.05, 0.1) is 24.2 Å². The lowest BCUT2D eigenvalue weighted by Crippen LogP contribution is -2.08. The molecule has 0 aliphatic rings. The molecule has 0 saturated carbocycles. The van der Waals surface area contributed by atoms with E-state index in [-0.39, 0.29) is 11.8 Å². The van der Waals surface area contributed by atoms with Crippen molar-refractivity contribution in [3.05, 3.63) is 34.4 Å². The Morgan fingerprint density at radius 3 is 2.53 bits per heavy atom. The molecule has 0 heterocycles. The SMILES string of the molecule is C=Cc1cc([N+](=O)[O-])cc(OC)c1OC(C)C. The Labute approximate surface area is 99.8 Å². The highest BCUT2D eigenvalue weighted by atomic mass is 16.6. The van der Waals surface area contributed by atoms with Crippen molar-refractivity contribution >= 4 is 11.8 Å². The molecule has 0 fully saturated rings. The maximum absolute atomic E-state index is 10.7. The van der Waals surface area contributed by atoms with Gasteiger partial charge in [-0.25, -0.2) is 0 Å². The second kappa shape index (κ2) is 5.34. The number of nitrogens with zero attached hydrogens (tertiary/aromatic N) is 1. The van der Waals surface area contributed by atoms with Crippen molar-refractivity contribution in [2.24, 2.45) is 0 Å². The molecule has 0 N–H and O–H groups in total. The lowest BCUT2D eigenvalue weighted by Gasteiger charge is -2.15. The summed E-state index contributed by atoms with van der Waals surface area (Å²) in [6.07, 6.45) is 1.46. The fourth-order valence-electron chi connectivity index (χ4n) is 1.38. The molecule has 5 nitrogen and oxygen atoms in total. The molecule has 92 valence electrons. The van der Waals surface area contributed by atoms with Crippen LogP contribution in [0.1, 0.15) is 19.4 Å². The van der Waals surface area contributed by atoms with Crippen molar-refractivity contribution in [2.45, 2.75) is 20.0 Å². The number of rotatable bonds is 5. The molecular formula is C12H15NO4. The van der Waals surface area contributed by atoms with Crippen LogP contribution in [0.4, 0.5) is 5.69 Å². The van der Waals surface area contributed by atoms with Gasteiger partial charge in [-0.3, -0.25) is 10.1 Å². The van der Waals surface area contributed by atoms with Crippen LogP contribution in [0, 0.1) is 10.1 Å². The van der Waals surface area contributed by atoms with Crippen LogP contribution in [0.5, 0.6) is 11.5 Å². The summed E-state index contributed by atoms with van der Waals surface area (Å²) in [5, 5.41) is 10.7. The monoisotopic (exact) mass is 237 g/mol. The van der Waals surface area contributed by atoms with E-state index >= 15 is 0 Å². The van der Waals surface area contributed by atoms with Crippen molar-refractivity contribution < 1.29 is 14.4 Å². The third-order valence-corrected chi connectivity index (χ3v) is 2.07. The van der Waals surface area contributed by atoms with Gasteiger partial charge in [0, 0.05) is 11.6 Å². The lowest BCUT2D eigenvalue weighted by molar-refractivity contribution is -0.385. The smallest absolute Gasteiger partial charge is 0.274 e. The highest BCUT2D eigenvalue weighted by Crippen LogP contribution is 2.36. The number of nitro benzene ring substituents is 1. The van der Waals surface area contributed by atoms with Crippen LogP contribution in [0.25, 0.3) is 6.08 Å². The van der Waals surface area contributed by atoms with Crippen molar-refractivity contribution in [3.63, 3.8) is 0 Å². The summed E-state index contributed by atoms with van der Waals surface area (Å²) in [5.41, 5.74) is 0.498. The predicted octanol–water partition coefficient (Wildman–Crippen LogP) is 3.03. The topological polar surface area (TPSA) is 61.6 Å². The summed E-state index contributed by atoms with van der Waals surface area (Å²) in [7, 11) is 1.44. The Bertz CT molecular complexity index is 440. The minimum absolute atomic E-state index is 0.0483. The van der Waals surface area contributed by atoms with Crippen LogP contribution in [0.15, 0.2) is 18.7 Å². The van der Waals surface area contributed by atoms with E-state index in [0.29, 0.717) is 17.1 Å². The Morgan fingerprint density at radius 1 is 1.47 bits per heavy atom. The summed E-state index contributed by atoms with van der Waals surface area (Å²) >= 11 is 0. The van der Waals surface area contributed by atoms with E-state index in [2.05, 4.69) is 6.58 Å². The summed E-state index contributed by atoms with van der Waals surface area (Å²) in [5.74, 6) is 0.811. The average molecular weight is 237 g/mol. The summed E-state index contributed by atoms with van der Waals surface area (Å²) in [6, 6.07) is 2.75. The number of hydrogen-bond donors (Lipinski definition) is 0. The van der Waals surface area contributed by atoms with E-state index in [1.165, 1.54) is 25.3 Å². The molecule has 1 aromatic carbocycles. The predicted molar refractivity (Wildman–Crippen MR) is 65.5 cm³/mol. The van der Waals surface area contributed by atoms with Gasteiger partial charge in [-0.15, -0.1) is 0 Å². The number of methoxy groups -OCH3 is 1. The summed E-state index contributed by atoms with van der Waals surface area (Å²) in [4.78, 5) is 10.3. The van der Waals surface area contributed by atoms with E-state index in [9.17, 15) is 10.1 Å². The van der Waals surface area contributed by atoms with Gasteiger partial charge in [0.25, 0.3) is 5.69 Å². The third-order valence-electron chi connectivity index (χ3n) is 2.07. The van der Waals surface area contributed by atoms with E-state index in [1.54, 1.807) is 0 Å². The molecule has 0 aromatic heterocycles. The Hall–Kier alpha value is -2.04. The first kappa shape index (κ1) is 13.0. The third kappa shape index (κ3) is 2.96. The molecule has 1 rings (SSSR count). The highest BCUT2D eigenvalue weighted by Gasteiger charge is 2.17. The van der Waals surface area contributed by atoms with Crippen molar-refractivity contribution in [1.29, 1.82) is 0 Å². The van der Waals surface area contributed by atoms with Crippen LogP contribution < -0.4 is 9.47 Å². The summed E-state index contributed by atoms with van der Waals surface area (Å²) in [6.45, 7) is 7.35. The number of nitro groups is 1. The van der Waals surface area contributed by atoms with Crippen molar-refractivity contribution in [1.82, 2.24) is 0 Å². The first-order valence-corrected chi connectivity index (χ1v) is 5.15. The van der Waals surface area contributed by atoms with E-state index < -0.39 is 4.92 Å². The standard InChI is InChI=1S/C12H15NO4/c1-5-9-6-10(13(14)15)7-11(16-4)12(9)17-8(2)3/h5-8H,1H2,2-4H3. The zero-order chi connectivity index (χ0) is 13.0. The Kier molecular flexibility index (Phi) is 4.09. The minimum atomic E-state index is -0.478. The summed E-state index contributed by atoms with van der Waals surface area (Å²) < 4.78 is 10.7. The molecule has 0 unspecified atom stereocenters. The van der Waals surface area contributed by atoms with Gasteiger partial charge < -0.3 is 9.47 Å². The van der Waals surface area contributed by atoms with Crippen LogP contribution in [0.2, 0.25) is 0 Å². The van der Waals surface area contributed by atoms with Gasteiger partial charge in [0.1, 0.15) is 0 Å². The average Bonchev–Trinajstić information content (AvgIpc) is 2.28.